The van der Waals surface area contributed by atoms with Crippen molar-refractivity contribution >= 4 is 16.9 Å². The van der Waals surface area contributed by atoms with Crippen LogP contribution in [0.2, 0.25) is 0 Å². The molecule has 0 aliphatic carbocycles. The molecule has 1 atom stereocenters. The lowest BCUT2D eigenvalue weighted by Crippen LogP contribution is -2.42. The Balaban J connectivity index is 2.58. The van der Waals surface area contributed by atoms with Gasteiger partial charge in [0.15, 0.2) is 0 Å². The average Bonchev–Trinajstić information content (AvgIpc) is 2.55. The van der Waals surface area contributed by atoms with Crippen LogP contribution in [0.1, 0.15) is 0 Å². The van der Waals surface area contributed by atoms with E-state index < -0.39 is 11.9 Å². The minimum atomic E-state index is -0.862. The number of aryl methyl sites for hydroxylation is 1. The van der Waals surface area contributed by atoms with Gasteiger partial charge in [-0.1, -0.05) is 12.1 Å². The Morgan fingerprint density at radius 1 is 1.35 bits per heavy atom. The molecule has 1 amide bonds. The molecule has 0 aliphatic rings. The van der Waals surface area contributed by atoms with Gasteiger partial charge in [-0.3, -0.25) is 13.9 Å². The molecule has 1 unspecified atom stereocenters. The predicted octanol–water partition coefficient (Wildman–Crippen LogP) is -0.847. The van der Waals surface area contributed by atoms with Crippen LogP contribution in [0.3, 0.4) is 0 Å². The summed E-state index contributed by atoms with van der Waals surface area (Å²) < 4.78 is 2.98. The number of imidazole rings is 1. The molecule has 2 rings (SSSR count). The highest BCUT2D eigenvalue weighted by molar-refractivity contribution is 5.80. The monoisotopic (exact) mass is 234 g/mol. The second-order valence-corrected chi connectivity index (χ2v) is 3.95. The van der Waals surface area contributed by atoms with Crippen molar-refractivity contribution in [2.45, 2.75) is 12.6 Å². The van der Waals surface area contributed by atoms with Gasteiger partial charge in [0.1, 0.15) is 6.04 Å². The molecule has 1 heterocycles. The molecule has 1 aromatic heterocycles. The lowest BCUT2D eigenvalue weighted by Gasteiger charge is -2.08. The molecule has 6 nitrogen and oxygen atoms in total. The van der Waals surface area contributed by atoms with Crippen molar-refractivity contribution in [2.75, 3.05) is 0 Å². The van der Waals surface area contributed by atoms with E-state index in [1.54, 1.807) is 7.05 Å². The highest BCUT2D eigenvalue weighted by atomic mass is 16.2. The molecule has 0 spiro atoms. The number of nitrogens with two attached hydrogens (primary N) is 2. The number of primary amides is 1. The Hall–Kier alpha value is -2.08. The average molecular weight is 234 g/mol. The van der Waals surface area contributed by atoms with E-state index in [2.05, 4.69) is 0 Å². The number of para-hydroxylation sites is 2. The number of rotatable bonds is 3. The van der Waals surface area contributed by atoms with E-state index >= 15 is 0 Å². The highest BCUT2D eigenvalue weighted by Crippen LogP contribution is 2.11. The maximum atomic E-state index is 12.0. The molecule has 17 heavy (non-hydrogen) atoms. The van der Waals surface area contributed by atoms with Crippen LogP contribution in [-0.4, -0.2) is 21.1 Å². The quantitative estimate of drug-likeness (QED) is 0.724. The molecule has 0 saturated heterocycles. The first kappa shape index (κ1) is 11.4. The van der Waals surface area contributed by atoms with Gasteiger partial charge in [0.25, 0.3) is 0 Å². The van der Waals surface area contributed by atoms with Crippen LogP contribution >= 0.6 is 0 Å². The third-order valence-electron chi connectivity index (χ3n) is 2.80. The number of hydrogen-bond acceptors (Lipinski definition) is 3. The molecule has 0 saturated carbocycles. The fourth-order valence-electron chi connectivity index (χ4n) is 1.83. The van der Waals surface area contributed by atoms with Crippen molar-refractivity contribution in [2.24, 2.45) is 18.5 Å². The summed E-state index contributed by atoms with van der Waals surface area (Å²) in [6, 6.07) is 6.46. The highest BCUT2D eigenvalue weighted by Gasteiger charge is 2.15. The topological polar surface area (TPSA) is 96.0 Å². The molecule has 1 aromatic carbocycles. The van der Waals surface area contributed by atoms with Crippen molar-refractivity contribution in [1.82, 2.24) is 9.13 Å². The molecular formula is C11H14N4O2. The number of hydrogen-bond donors (Lipinski definition) is 2. The van der Waals surface area contributed by atoms with E-state index in [0.29, 0.717) is 0 Å². The number of nitrogens with zero attached hydrogens (tertiary/aromatic N) is 2. The third-order valence-corrected chi connectivity index (χ3v) is 2.80. The lowest BCUT2D eigenvalue weighted by atomic mass is 10.2. The summed E-state index contributed by atoms with van der Waals surface area (Å²) in [7, 11) is 1.68. The molecule has 6 heteroatoms. The summed E-state index contributed by atoms with van der Waals surface area (Å²) in [4.78, 5) is 22.9. The Kier molecular flexibility index (Phi) is 2.72. The fourth-order valence-corrected chi connectivity index (χ4v) is 1.83. The van der Waals surface area contributed by atoms with E-state index in [1.165, 1.54) is 9.13 Å². The summed E-state index contributed by atoms with van der Waals surface area (Å²) in [6.45, 7) is 0.0928. The zero-order valence-corrected chi connectivity index (χ0v) is 9.46. The van der Waals surface area contributed by atoms with Crippen molar-refractivity contribution in [3.05, 3.63) is 34.7 Å². The first-order chi connectivity index (χ1) is 8.02. The minimum absolute atomic E-state index is 0.0928. The number of aromatic nitrogens is 2. The molecule has 2 aromatic rings. The maximum absolute atomic E-state index is 12.0. The van der Waals surface area contributed by atoms with E-state index in [9.17, 15) is 9.59 Å². The van der Waals surface area contributed by atoms with Crippen LogP contribution in [0.25, 0.3) is 11.0 Å². The van der Waals surface area contributed by atoms with E-state index in [0.717, 1.165) is 11.0 Å². The summed E-state index contributed by atoms with van der Waals surface area (Å²) in [6.07, 6.45) is 0. The van der Waals surface area contributed by atoms with E-state index in [1.807, 2.05) is 24.3 Å². The van der Waals surface area contributed by atoms with Crippen molar-refractivity contribution in [3.63, 3.8) is 0 Å². The normalized spacial score (nSPS) is 12.8. The molecule has 0 aliphatic heterocycles. The standard InChI is InChI=1S/C11H14N4O2/c1-14-8-4-2-3-5-9(8)15(11(14)17)6-7(12)10(13)16/h2-5,7H,6,12H2,1H3,(H2,13,16). The Labute approximate surface area is 97.4 Å². The number of amides is 1. The van der Waals surface area contributed by atoms with Gasteiger partial charge in [0.2, 0.25) is 5.91 Å². The van der Waals surface area contributed by atoms with Crippen LogP contribution in [-0.2, 0) is 18.4 Å². The second-order valence-electron chi connectivity index (χ2n) is 3.95. The van der Waals surface area contributed by atoms with Crippen molar-refractivity contribution in [1.29, 1.82) is 0 Å². The first-order valence-electron chi connectivity index (χ1n) is 5.21. The summed E-state index contributed by atoms with van der Waals surface area (Å²) in [5.74, 6) is -0.621. The first-order valence-corrected chi connectivity index (χ1v) is 5.21. The molecule has 4 N–H and O–H groups in total. The van der Waals surface area contributed by atoms with Gasteiger partial charge in [0.05, 0.1) is 17.6 Å². The zero-order chi connectivity index (χ0) is 12.6. The van der Waals surface area contributed by atoms with Crippen LogP contribution < -0.4 is 17.2 Å². The van der Waals surface area contributed by atoms with Gasteiger partial charge < -0.3 is 11.5 Å². The Morgan fingerprint density at radius 2 is 1.94 bits per heavy atom. The minimum Gasteiger partial charge on any atom is -0.368 e. The molecule has 0 radical (unpaired) electrons. The second kappa shape index (κ2) is 4.06. The number of fused-ring (bicyclic) bond motifs is 1. The van der Waals surface area contributed by atoms with Crippen LogP contribution in [0.5, 0.6) is 0 Å². The van der Waals surface area contributed by atoms with Gasteiger partial charge in [-0.05, 0) is 12.1 Å². The zero-order valence-electron chi connectivity index (χ0n) is 9.46. The molecule has 0 bridgehead atoms. The van der Waals surface area contributed by atoms with Crippen LogP contribution in [0, 0.1) is 0 Å². The van der Waals surface area contributed by atoms with Gasteiger partial charge in [-0.25, -0.2) is 4.79 Å². The lowest BCUT2D eigenvalue weighted by molar-refractivity contribution is -0.119. The van der Waals surface area contributed by atoms with E-state index in [-0.39, 0.29) is 12.2 Å². The maximum Gasteiger partial charge on any atom is 0.328 e. The SMILES string of the molecule is Cn1c(=O)n(CC(N)C(N)=O)c2ccccc21. The third kappa shape index (κ3) is 1.83. The van der Waals surface area contributed by atoms with Gasteiger partial charge in [0, 0.05) is 7.05 Å². The smallest absolute Gasteiger partial charge is 0.328 e. The molecule has 90 valence electrons. The predicted molar refractivity (Wildman–Crippen MR) is 64.3 cm³/mol. The molecular weight excluding hydrogens is 220 g/mol. The largest absolute Gasteiger partial charge is 0.368 e. The molecule has 0 fully saturated rings. The fraction of sp³-hybridized carbons (Fsp3) is 0.273. The van der Waals surface area contributed by atoms with Crippen molar-refractivity contribution < 1.29 is 4.79 Å². The van der Waals surface area contributed by atoms with Crippen LogP contribution in [0.4, 0.5) is 0 Å². The Bertz CT molecular complexity index is 626. The number of benzene rings is 1. The van der Waals surface area contributed by atoms with Crippen LogP contribution in [0.15, 0.2) is 29.1 Å². The summed E-state index contributed by atoms with van der Waals surface area (Å²) in [5, 5.41) is 0. The van der Waals surface area contributed by atoms with Gasteiger partial charge in [-0.15, -0.1) is 0 Å². The Morgan fingerprint density at radius 3 is 2.53 bits per heavy atom. The summed E-state index contributed by atoms with van der Waals surface area (Å²) >= 11 is 0. The van der Waals surface area contributed by atoms with E-state index in [4.69, 9.17) is 11.5 Å². The number of carbonyl (C=O) groups is 1. The number of carbonyl (C=O) groups excluding carboxylic acids is 1. The van der Waals surface area contributed by atoms with Crippen molar-refractivity contribution in [3.8, 4) is 0 Å². The summed E-state index contributed by atoms with van der Waals surface area (Å²) in [5.41, 5.74) is 12.0. The van der Waals surface area contributed by atoms with Gasteiger partial charge in [-0.2, -0.15) is 0 Å². The van der Waals surface area contributed by atoms with Gasteiger partial charge >= 0.3 is 5.69 Å².